The Hall–Kier alpha value is -0.940. The zero-order valence-corrected chi connectivity index (χ0v) is 22.2. The Morgan fingerprint density at radius 2 is 1.72 bits per heavy atom. The van der Waals surface area contributed by atoms with Crippen molar-refractivity contribution in [3.8, 4) is 0 Å². The molecule has 7 nitrogen and oxygen atoms in total. The molecule has 0 radical (unpaired) electrons. The van der Waals surface area contributed by atoms with Crippen LogP contribution in [0.5, 0.6) is 0 Å². The van der Waals surface area contributed by atoms with Gasteiger partial charge in [-0.15, -0.1) is 24.0 Å². The molecular formula is C24H40IN5O2. The molecule has 0 spiro atoms. The van der Waals surface area contributed by atoms with E-state index in [2.05, 4.69) is 63.1 Å². The monoisotopic (exact) mass is 557 g/mol. The number of nitrogens with zero attached hydrogens (tertiary/aromatic N) is 4. The van der Waals surface area contributed by atoms with E-state index in [9.17, 15) is 0 Å². The molecule has 180 valence electrons. The smallest absolute Gasteiger partial charge is 0.193 e. The number of ether oxygens (including phenoxy) is 2. The van der Waals surface area contributed by atoms with Crippen molar-refractivity contribution in [1.29, 1.82) is 0 Å². The van der Waals surface area contributed by atoms with Crippen LogP contribution in [-0.4, -0.2) is 98.4 Å². The van der Waals surface area contributed by atoms with Crippen molar-refractivity contribution in [1.82, 2.24) is 20.0 Å². The highest BCUT2D eigenvalue weighted by Gasteiger charge is 2.30. The van der Waals surface area contributed by atoms with Gasteiger partial charge >= 0.3 is 0 Å². The van der Waals surface area contributed by atoms with Gasteiger partial charge in [-0.05, 0) is 31.4 Å². The summed E-state index contributed by atoms with van der Waals surface area (Å²) in [6.45, 7) is 14.0. The van der Waals surface area contributed by atoms with Gasteiger partial charge in [0.25, 0.3) is 0 Å². The van der Waals surface area contributed by atoms with Gasteiger partial charge in [0, 0.05) is 65.4 Å². The molecule has 3 fully saturated rings. The summed E-state index contributed by atoms with van der Waals surface area (Å²) >= 11 is 0. The third-order valence-corrected chi connectivity index (χ3v) is 6.68. The SMILES string of the molecule is CN=C(NCc1ccccc1CN1CC(C)OC(C)C1)N1CCC(N2CCOCC2)C1.I. The number of guanidine groups is 1. The van der Waals surface area contributed by atoms with Crippen LogP contribution >= 0.6 is 24.0 Å². The molecule has 3 aliphatic heterocycles. The van der Waals surface area contributed by atoms with Crippen LogP contribution in [0.15, 0.2) is 29.3 Å². The minimum Gasteiger partial charge on any atom is -0.379 e. The van der Waals surface area contributed by atoms with Crippen LogP contribution in [0, 0.1) is 0 Å². The van der Waals surface area contributed by atoms with Crippen LogP contribution in [0.1, 0.15) is 31.4 Å². The molecule has 0 aromatic heterocycles. The van der Waals surface area contributed by atoms with Crippen molar-refractivity contribution in [2.75, 3.05) is 59.5 Å². The van der Waals surface area contributed by atoms with Crippen LogP contribution in [-0.2, 0) is 22.6 Å². The summed E-state index contributed by atoms with van der Waals surface area (Å²) in [6.07, 6.45) is 1.79. The lowest BCUT2D eigenvalue weighted by Crippen LogP contribution is -2.46. The molecule has 3 aliphatic rings. The van der Waals surface area contributed by atoms with E-state index in [1.165, 1.54) is 17.5 Å². The highest BCUT2D eigenvalue weighted by molar-refractivity contribution is 14.0. The predicted molar refractivity (Wildman–Crippen MR) is 140 cm³/mol. The Morgan fingerprint density at radius 1 is 1.03 bits per heavy atom. The number of hydrogen-bond acceptors (Lipinski definition) is 5. The van der Waals surface area contributed by atoms with Crippen molar-refractivity contribution in [2.24, 2.45) is 4.99 Å². The molecule has 1 N–H and O–H groups in total. The lowest BCUT2D eigenvalue weighted by Gasteiger charge is -2.35. The molecule has 0 amide bonds. The Kier molecular flexibility index (Phi) is 10.0. The molecule has 0 aliphatic carbocycles. The highest BCUT2D eigenvalue weighted by atomic mass is 127. The van der Waals surface area contributed by atoms with Crippen molar-refractivity contribution in [3.05, 3.63) is 35.4 Å². The largest absolute Gasteiger partial charge is 0.379 e. The Bertz CT molecular complexity index is 733. The van der Waals surface area contributed by atoms with Gasteiger partial charge in [0.15, 0.2) is 5.96 Å². The first-order chi connectivity index (χ1) is 15.1. The zero-order chi connectivity index (χ0) is 21.6. The first kappa shape index (κ1) is 25.7. The second-order valence-corrected chi connectivity index (χ2v) is 9.16. The molecule has 0 bridgehead atoms. The predicted octanol–water partition coefficient (Wildman–Crippen LogP) is 2.40. The number of hydrogen-bond donors (Lipinski definition) is 1. The molecule has 3 heterocycles. The number of aliphatic imine (C=N–C) groups is 1. The normalized spacial score (nSPS) is 27.9. The van der Waals surface area contributed by atoms with Gasteiger partial charge in [-0.2, -0.15) is 0 Å². The molecule has 3 atom stereocenters. The maximum atomic E-state index is 5.90. The number of halogens is 1. The molecule has 1 aromatic rings. The minimum atomic E-state index is 0. The van der Waals surface area contributed by atoms with Gasteiger partial charge in [0.05, 0.1) is 25.4 Å². The fourth-order valence-electron chi connectivity index (χ4n) is 5.22. The van der Waals surface area contributed by atoms with E-state index in [0.29, 0.717) is 18.2 Å². The fourth-order valence-corrected chi connectivity index (χ4v) is 5.22. The molecule has 8 heteroatoms. The summed E-state index contributed by atoms with van der Waals surface area (Å²) in [5, 5.41) is 3.64. The zero-order valence-electron chi connectivity index (χ0n) is 19.8. The number of rotatable bonds is 5. The van der Waals surface area contributed by atoms with Crippen LogP contribution < -0.4 is 5.32 Å². The van der Waals surface area contributed by atoms with Gasteiger partial charge in [-0.1, -0.05) is 24.3 Å². The lowest BCUT2D eigenvalue weighted by atomic mass is 10.1. The minimum absolute atomic E-state index is 0. The second kappa shape index (κ2) is 12.5. The molecular weight excluding hydrogens is 517 g/mol. The average Bonchev–Trinajstić information content (AvgIpc) is 3.25. The first-order valence-corrected chi connectivity index (χ1v) is 11.8. The number of likely N-dealkylation sites (tertiary alicyclic amines) is 1. The Morgan fingerprint density at radius 3 is 2.41 bits per heavy atom. The molecule has 3 unspecified atom stereocenters. The Labute approximate surface area is 210 Å². The van der Waals surface area contributed by atoms with E-state index in [1.807, 2.05) is 7.05 Å². The fraction of sp³-hybridized carbons (Fsp3) is 0.708. The van der Waals surface area contributed by atoms with E-state index in [4.69, 9.17) is 9.47 Å². The van der Waals surface area contributed by atoms with Gasteiger partial charge in [0.1, 0.15) is 0 Å². The summed E-state index contributed by atoms with van der Waals surface area (Å²) in [5.41, 5.74) is 2.73. The van der Waals surface area contributed by atoms with Gasteiger partial charge in [-0.3, -0.25) is 14.8 Å². The summed E-state index contributed by atoms with van der Waals surface area (Å²) in [7, 11) is 1.90. The second-order valence-electron chi connectivity index (χ2n) is 9.16. The number of benzene rings is 1. The number of nitrogens with one attached hydrogen (secondary N) is 1. The summed E-state index contributed by atoms with van der Waals surface area (Å²) in [5.74, 6) is 1.01. The molecule has 0 saturated carbocycles. The summed E-state index contributed by atoms with van der Waals surface area (Å²) in [4.78, 5) is 12.1. The summed E-state index contributed by atoms with van der Waals surface area (Å²) < 4.78 is 11.4. The maximum absolute atomic E-state index is 5.90. The van der Waals surface area contributed by atoms with E-state index >= 15 is 0 Å². The van der Waals surface area contributed by atoms with E-state index in [0.717, 1.165) is 71.5 Å². The van der Waals surface area contributed by atoms with Gasteiger partial charge < -0.3 is 19.7 Å². The van der Waals surface area contributed by atoms with Crippen LogP contribution in [0.2, 0.25) is 0 Å². The third-order valence-electron chi connectivity index (χ3n) is 6.68. The van der Waals surface area contributed by atoms with Crippen molar-refractivity contribution < 1.29 is 9.47 Å². The molecule has 32 heavy (non-hydrogen) atoms. The molecule has 3 saturated heterocycles. The van der Waals surface area contributed by atoms with Crippen LogP contribution in [0.25, 0.3) is 0 Å². The van der Waals surface area contributed by atoms with Gasteiger partial charge in [-0.25, -0.2) is 0 Å². The lowest BCUT2D eigenvalue weighted by molar-refractivity contribution is -0.0705. The topological polar surface area (TPSA) is 52.6 Å². The maximum Gasteiger partial charge on any atom is 0.193 e. The van der Waals surface area contributed by atoms with Crippen molar-refractivity contribution in [3.63, 3.8) is 0 Å². The van der Waals surface area contributed by atoms with Crippen LogP contribution in [0.3, 0.4) is 0 Å². The first-order valence-electron chi connectivity index (χ1n) is 11.8. The van der Waals surface area contributed by atoms with E-state index in [-0.39, 0.29) is 24.0 Å². The van der Waals surface area contributed by atoms with E-state index in [1.54, 1.807) is 0 Å². The van der Waals surface area contributed by atoms with E-state index < -0.39 is 0 Å². The summed E-state index contributed by atoms with van der Waals surface area (Å²) in [6, 6.07) is 9.39. The average molecular weight is 558 g/mol. The highest BCUT2D eigenvalue weighted by Crippen LogP contribution is 2.19. The third kappa shape index (κ3) is 6.79. The number of morpholine rings is 2. The van der Waals surface area contributed by atoms with Gasteiger partial charge in [0.2, 0.25) is 0 Å². The molecule has 1 aromatic carbocycles. The standard InChI is InChI=1S/C24H39N5O2.HI/c1-19-15-27(16-20(2)31-19)17-22-7-5-4-6-21(22)14-26-24(25-3)29-9-8-23(18-29)28-10-12-30-13-11-28;/h4-7,19-20,23H,8-18H2,1-3H3,(H,25,26);1H. The van der Waals surface area contributed by atoms with Crippen molar-refractivity contribution in [2.45, 2.75) is 51.6 Å². The quantitative estimate of drug-likeness (QED) is 0.341. The Balaban J connectivity index is 0.00000289. The molecule has 4 rings (SSSR count). The van der Waals surface area contributed by atoms with Crippen LogP contribution in [0.4, 0.5) is 0 Å². The van der Waals surface area contributed by atoms with Crippen molar-refractivity contribution >= 4 is 29.9 Å².